The first kappa shape index (κ1) is 54.1. The van der Waals surface area contributed by atoms with Gasteiger partial charge in [-0.3, -0.25) is 9.59 Å². The van der Waals surface area contributed by atoms with Gasteiger partial charge in [0.25, 0.3) is 0 Å². The van der Waals surface area contributed by atoms with Crippen molar-refractivity contribution in [2.24, 2.45) is 0 Å². The monoisotopic (exact) mass is 795 g/mol. The van der Waals surface area contributed by atoms with Crippen LogP contribution in [0, 0.1) is 0 Å². The standard InChI is InChI=1S/C47H90N2O7/c1-3-5-7-9-11-13-14-15-16-17-18-19-20-21-22-24-26-28-30-43-56-47(54)34-39-48(38-33-46(52)53)35-31-36-49(40-41-50)37-32-45(44-51)55-42-29-27-25-23-12-10-8-6-4-2/h50H,3-43H2,1-2H3,(H,52,53). The molecule has 0 saturated carbocycles. The van der Waals surface area contributed by atoms with Crippen molar-refractivity contribution in [3.63, 3.8) is 0 Å². The normalized spacial score (nSPS) is 11.4. The van der Waals surface area contributed by atoms with Crippen LogP contribution in [-0.4, -0.2) is 97.0 Å². The highest BCUT2D eigenvalue weighted by molar-refractivity contribution is 5.69. The van der Waals surface area contributed by atoms with Gasteiger partial charge >= 0.3 is 11.9 Å². The van der Waals surface area contributed by atoms with Crippen LogP contribution in [0.2, 0.25) is 0 Å². The van der Waals surface area contributed by atoms with E-state index in [0.29, 0.717) is 64.7 Å². The maximum atomic E-state index is 12.5. The number of nitrogens with zero attached hydrogens (tertiary/aromatic N) is 2. The molecule has 0 heterocycles. The summed E-state index contributed by atoms with van der Waals surface area (Å²) >= 11 is 0. The molecule has 0 aromatic carbocycles. The van der Waals surface area contributed by atoms with Gasteiger partial charge in [-0.1, -0.05) is 181 Å². The summed E-state index contributed by atoms with van der Waals surface area (Å²) in [4.78, 5) is 39.3. The minimum Gasteiger partial charge on any atom is -0.487 e. The van der Waals surface area contributed by atoms with Gasteiger partial charge in [0.15, 0.2) is 11.7 Å². The van der Waals surface area contributed by atoms with E-state index >= 15 is 0 Å². The van der Waals surface area contributed by atoms with Gasteiger partial charge in [0.2, 0.25) is 0 Å². The van der Waals surface area contributed by atoms with Gasteiger partial charge in [-0.2, -0.15) is 0 Å². The van der Waals surface area contributed by atoms with Crippen LogP contribution in [0.25, 0.3) is 0 Å². The van der Waals surface area contributed by atoms with Crippen LogP contribution < -0.4 is 0 Å². The fraction of sp³-hybridized carbons (Fsp3) is 0.915. The van der Waals surface area contributed by atoms with Crippen LogP contribution in [0.5, 0.6) is 0 Å². The Kier molecular flexibility index (Phi) is 42.7. The van der Waals surface area contributed by atoms with E-state index in [2.05, 4.69) is 18.7 Å². The fourth-order valence-electron chi connectivity index (χ4n) is 7.29. The summed E-state index contributed by atoms with van der Waals surface area (Å²) in [7, 11) is 0. The van der Waals surface area contributed by atoms with E-state index in [9.17, 15) is 24.6 Å². The summed E-state index contributed by atoms with van der Waals surface area (Å²) in [5.41, 5.74) is 0. The summed E-state index contributed by atoms with van der Waals surface area (Å²) in [6, 6.07) is 0. The number of esters is 1. The third-order valence-electron chi connectivity index (χ3n) is 10.9. The molecule has 0 aliphatic carbocycles. The number of carbonyl (C=O) groups is 2. The molecule has 0 aromatic heterocycles. The van der Waals surface area contributed by atoms with Crippen LogP contribution in [0.4, 0.5) is 0 Å². The predicted molar refractivity (Wildman–Crippen MR) is 233 cm³/mol. The van der Waals surface area contributed by atoms with Crippen LogP contribution in [0.15, 0.2) is 5.76 Å². The minimum absolute atomic E-state index is 0.00746. The summed E-state index contributed by atoms with van der Waals surface area (Å²) in [5, 5.41) is 18.9. The van der Waals surface area contributed by atoms with Crippen molar-refractivity contribution < 1.29 is 34.1 Å². The first-order chi connectivity index (χ1) is 27.5. The Balaban J connectivity index is 4.04. The van der Waals surface area contributed by atoms with Gasteiger partial charge in [0.05, 0.1) is 32.7 Å². The molecule has 0 radical (unpaired) electrons. The van der Waals surface area contributed by atoms with E-state index in [1.807, 2.05) is 10.8 Å². The molecule has 56 heavy (non-hydrogen) atoms. The van der Waals surface area contributed by atoms with Crippen LogP contribution in [0.1, 0.15) is 219 Å². The second-order valence-electron chi connectivity index (χ2n) is 16.2. The molecule has 0 spiro atoms. The summed E-state index contributed by atoms with van der Waals surface area (Å²) in [6.45, 7) is 8.68. The fourth-order valence-corrected chi connectivity index (χ4v) is 7.29. The van der Waals surface area contributed by atoms with E-state index in [1.54, 1.807) is 0 Å². The van der Waals surface area contributed by atoms with Crippen molar-refractivity contribution in [1.82, 2.24) is 9.80 Å². The van der Waals surface area contributed by atoms with Crippen LogP contribution >= 0.6 is 0 Å². The molecule has 0 bridgehead atoms. The van der Waals surface area contributed by atoms with E-state index in [0.717, 1.165) is 32.1 Å². The lowest BCUT2D eigenvalue weighted by Gasteiger charge is -2.25. The number of unbranched alkanes of at least 4 members (excludes halogenated alkanes) is 26. The third-order valence-corrected chi connectivity index (χ3v) is 10.9. The number of ether oxygens (including phenoxy) is 2. The van der Waals surface area contributed by atoms with Gasteiger partial charge in [-0.25, -0.2) is 4.79 Å². The van der Waals surface area contributed by atoms with Crippen molar-refractivity contribution in [2.45, 2.75) is 219 Å². The molecule has 0 aliphatic rings. The first-order valence-corrected chi connectivity index (χ1v) is 23.8. The van der Waals surface area contributed by atoms with Gasteiger partial charge in [0, 0.05) is 32.6 Å². The zero-order valence-corrected chi connectivity index (χ0v) is 36.8. The smallest absolute Gasteiger partial charge is 0.307 e. The molecule has 0 unspecified atom stereocenters. The maximum Gasteiger partial charge on any atom is 0.307 e. The van der Waals surface area contributed by atoms with Crippen molar-refractivity contribution in [3.8, 4) is 0 Å². The lowest BCUT2D eigenvalue weighted by Crippen LogP contribution is -2.34. The molecule has 0 amide bonds. The average Bonchev–Trinajstić information content (AvgIpc) is 3.19. The number of carbonyl (C=O) groups excluding carboxylic acids is 2. The highest BCUT2D eigenvalue weighted by atomic mass is 16.5. The maximum absolute atomic E-state index is 12.5. The SMILES string of the molecule is CCCCCCCCCCCCCCCCCCCCCOC(=O)CCN(CCCN(CCO)CCC(=C=O)OCCCCCCCCCCC)CCC(=O)O. The topological polar surface area (TPSA) is 117 Å². The van der Waals surface area contributed by atoms with Gasteiger partial charge < -0.3 is 29.5 Å². The Bertz CT molecular complexity index is 911. The van der Waals surface area contributed by atoms with Crippen molar-refractivity contribution >= 4 is 17.9 Å². The Labute approximate surface area is 345 Å². The number of aliphatic hydroxyl groups excluding tert-OH is 1. The van der Waals surface area contributed by atoms with Gasteiger partial charge in [-0.05, 0) is 32.4 Å². The lowest BCUT2D eigenvalue weighted by molar-refractivity contribution is -0.144. The lowest BCUT2D eigenvalue weighted by atomic mass is 10.0. The predicted octanol–water partition coefficient (Wildman–Crippen LogP) is 11.5. The van der Waals surface area contributed by atoms with Gasteiger partial charge in [0.1, 0.15) is 0 Å². The molecular formula is C47H90N2O7. The summed E-state index contributed by atoms with van der Waals surface area (Å²) in [6.07, 6.45) is 37.7. The Hall–Kier alpha value is -1.93. The average molecular weight is 795 g/mol. The minimum atomic E-state index is -0.862. The Morgan fingerprint density at radius 3 is 1.20 bits per heavy atom. The highest BCUT2D eigenvalue weighted by Gasteiger charge is 2.13. The molecule has 9 heteroatoms. The summed E-state index contributed by atoms with van der Waals surface area (Å²) < 4.78 is 11.2. The first-order valence-electron chi connectivity index (χ1n) is 23.8. The number of aliphatic hydroxyl groups is 1. The van der Waals surface area contributed by atoms with E-state index in [4.69, 9.17) is 9.47 Å². The number of rotatable bonds is 46. The van der Waals surface area contributed by atoms with Gasteiger partial charge in [-0.15, -0.1) is 0 Å². The van der Waals surface area contributed by atoms with E-state index in [1.165, 1.54) is 154 Å². The zero-order valence-electron chi connectivity index (χ0n) is 36.8. The Morgan fingerprint density at radius 1 is 0.446 bits per heavy atom. The second-order valence-corrected chi connectivity index (χ2v) is 16.2. The van der Waals surface area contributed by atoms with E-state index < -0.39 is 5.97 Å². The quantitative estimate of drug-likeness (QED) is 0.0269. The molecule has 0 aliphatic heterocycles. The molecule has 330 valence electrons. The molecule has 0 atom stereocenters. The highest BCUT2D eigenvalue weighted by Crippen LogP contribution is 2.15. The molecule has 0 rings (SSSR count). The Morgan fingerprint density at radius 2 is 0.804 bits per heavy atom. The van der Waals surface area contributed by atoms with Crippen molar-refractivity contribution in [3.05, 3.63) is 5.76 Å². The molecule has 0 saturated heterocycles. The molecule has 0 fully saturated rings. The number of hydrogen-bond acceptors (Lipinski definition) is 8. The zero-order chi connectivity index (χ0) is 41.0. The molecule has 9 nitrogen and oxygen atoms in total. The molecular weight excluding hydrogens is 705 g/mol. The van der Waals surface area contributed by atoms with Crippen molar-refractivity contribution in [2.75, 3.05) is 59.1 Å². The van der Waals surface area contributed by atoms with Crippen molar-refractivity contribution in [1.29, 1.82) is 0 Å². The number of aliphatic carboxylic acids is 1. The van der Waals surface area contributed by atoms with Crippen LogP contribution in [-0.2, 0) is 23.9 Å². The van der Waals surface area contributed by atoms with E-state index in [-0.39, 0.29) is 25.4 Å². The largest absolute Gasteiger partial charge is 0.487 e. The number of carboxylic acids is 1. The number of carboxylic acid groups (broad SMARTS) is 1. The molecule has 0 aromatic rings. The van der Waals surface area contributed by atoms with Crippen LogP contribution in [0.3, 0.4) is 0 Å². The third kappa shape index (κ3) is 40.3. The summed E-state index contributed by atoms with van der Waals surface area (Å²) in [5.74, 6) is 1.19. The molecule has 2 N–H and O–H groups in total. The second kappa shape index (κ2) is 44.2. The number of hydrogen-bond donors (Lipinski definition) is 2.